The topological polar surface area (TPSA) is 115 Å². The van der Waals surface area contributed by atoms with Crippen LogP contribution in [0.3, 0.4) is 0 Å². The van der Waals surface area contributed by atoms with Crippen LogP contribution in [0.4, 0.5) is 5.00 Å². The largest absolute Gasteiger partial charge is 0.462 e. The molecular weight excluding hydrogens is 414 g/mol. The molecule has 29 heavy (non-hydrogen) atoms. The number of carbonyl (C=O) groups excluding carboxylic acids is 2. The Hall–Kier alpha value is -3.15. The lowest BCUT2D eigenvalue weighted by molar-refractivity contribution is 0.0451. The van der Waals surface area contributed by atoms with Gasteiger partial charge in [-0.1, -0.05) is 11.6 Å². The van der Waals surface area contributed by atoms with Crippen LogP contribution in [0.15, 0.2) is 24.3 Å². The van der Waals surface area contributed by atoms with Crippen molar-refractivity contribution in [1.29, 1.82) is 5.26 Å². The Morgan fingerprint density at radius 1 is 1.28 bits per heavy atom. The van der Waals surface area contributed by atoms with E-state index in [9.17, 15) is 14.9 Å². The quantitative estimate of drug-likeness (QED) is 0.602. The smallest absolute Gasteiger partial charge is 0.348 e. The van der Waals surface area contributed by atoms with Gasteiger partial charge < -0.3 is 15.2 Å². The first-order chi connectivity index (χ1) is 13.8. The van der Waals surface area contributed by atoms with Crippen molar-refractivity contribution in [3.63, 3.8) is 0 Å². The van der Waals surface area contributed by atoms with Crippen molar-refractivity contribution in [2.24, 2.45) is 0 Å². The van der Waals surface area contributed by atoms with Gasteiger partial charge in [0.2, 0.25) is 0 Å². The molecule has 0 saturated heterocycles. The van der Waals surface area contributed by atoms with E-state index in [0.717, 1.165) is 11.3 Å². The van der Waals surface area contributed by atoms with E-state index >= 15 is 0 Å². The third kappa shape index (κ3) is 4.16. The minimum atomic E-state index is -0.639. The molecular formula is C20H16ClN3O4S. The molecule has 3 aromatic rings. The van der Waals surface area contributed by atoms with Gasteiger partial charge in [-0.2, -0.15) is 5.26 Å². The molecule has 7 nitrogen and oxygen atoms in total. The number of hydrogen-bond donors (Lipinski definition) is 1. The van der Waals surface area contributed by atoms with E-state index in [1.807, 2.05) is 6.07 Å². The lowest BCUT2D eigenvalue weighted by Gasteiger charge is -2.09. The maximum Gasteiger partial charge on any atom is 0.348 e. The lowest BCUT2D eigenvalue weighted by Crippen LogP contribution is -2.11. The molecule has 0 aliphatic carbocycles. The van der Waals surface area contributed by atoms with Gasteiger partial charge in [-0.05, 0) is 38.1 Å². The molecule has 0 atom stereocenters. The minimum Gasteiger partial charge on any atom is -0.462 e. The van der Waals surface area contributed by atoms with Gasteiger partial charge >= 0.3 is 11.9 Å². The number of nitrogen functional groups attached to an aromatic ring is 1. The number of anilines is 1. The molecule has 9 heteroatoms. The first-order valence-electron chi connectivity index (χ1n) is 8.58. The van der Waals surface area contributed by atoms with Crippen molar-refractivity contribution < 1.29 is 19.1 Å². The number of nitrogens with zero attached hydrogens (tertiary/aromatic N) is 2. The van der Waals surface area contributed by atoms with Crippen molar-refractivity contribution in [1.82, 2.24) is 4.98 Å². The molecule has 0 spiro atoms. The highest BCUT2D eigenvalue weighted by Gasteiger charge is 2.24. The Bertz CT molecular complexity index is 1170. The highest BCUT2D eigenvalue weighted by atomic mass is 35.5. The van der Waals surface area contributed by atoms with Gasteiger partial charge in [-0.15, -0.1) is 11.3 Å². The zero-order valence-corrected chi connectivity index (χ0v) is 17.2. The van der Waals surface area contributed by atoms with Crippen LogP contribution in [0.5, 0.6) is 0 Å². The van der Waals surface area contributed by atoms with Crippen LogP contribution in [0.25, 0.3) is 10.9 Å². The summed E-state index contributed by atoms with van der Waals surface area (Å²) in [6.07, 6.45) is 0. The van der Waals surface area contributed by atoms with Crippen molar-refractivity contribution in [2.45, 2.75) is 20.5 Å². The Morgan fingerprint density at radius 3 is 2.72 bits per heavy atom. The summed E-state index contributed by atoms with van der Waals surface area (Å²) < 4.78 is 10.4. The lowest BCUT2D eigenvalue weighted by atomic mass is 10.1. The van der Waals surface area contributed by atoms with Crippen molar-refractivity contribution >= 4 is 50.8 Å². The van der Waals surface area contributed by atoms with E-state index < -0.39 is 11.9 Å². The number of ether oxygens (including phenoxy) is 2. The fourth-order valence-corrected chi connectivity index (χ4v) is 3.87. The molecule has 0 saturated carbocycles. The number of rotatable bonds is 5. The summed E-state index contributed by atoms with van der Waals surface area (Å²) >= 11 is 6.94. The predicted octanol–water partition coefficient (Wildman–Crippen LogP) is 4.25. The van der Waals surface area contributed by atoms with E-state index in [0.29, 0.717) is 21.6 Å². The van der Waals surface area contributed by atoms with Gasteiger partial charge in [0, 0.05) is 16.0 Å². The molecule has 0 radical (unpaired) electrons. The average molecular weight is 430 g/mol. The molecule has 0 unspecified atom stereocenters. The highest BCUT2D eigenvalue weighted by Crippen LogP contribution is 2.32. The first-order valence-corrected chi connectivity index (χ1v) is 9.77. The summed E-state index contributed by atoms with van der Waals surface area (Å²) in [7, 11) is 0. The third-order valence-corrected chi connectivity index (χ3v) is 5.42. The number of nitrogens with two attached hydrogens (primary N) is 1. The van der Waals surface area contributed by atoms with Crippen LogP contribution in [0, 0.1) is 18.3 Å². The molecule has 2 heterocycles. The van der Waals surface area contributed by atoms with Crippen molar-refractivity contribution in [3.8, 4) is 6.07 Å². The fourth-order valence-electron chi connectivity index (χ4n) is 2.77. The zero-order chi connectivity index (χ0) is 21.1. The molecule has 3 rings (SSSR count). The van der Waals surface area contributed by atoms with Gasteiger partial charge in [-0.3, -0.25) is 4.98 Å². The van der Waals surface area contributed by atoms with Crippen LogP contribution < -0.4 is 5.73 Å². The zero-order valence-electron chi connectivity index (χ0n) is 15.6. The second-order valence-corrected chi connectivity index (χ2v) is 7.50. The Kier molecular flexibility index (Phi) is 6.01. The maximum atomic E-state index is 12.7. The van der Waals surface area contributed by atoms with Gasteiger partial charge in [0.1, 0.15) is 22.6 Å². The molecule has 0 bridgehead atoms. The normalized spacial score (nSPS) is 10.6. The van der Waals surface area contributed by atoms with E-state index in [4.69, 9.17) is 26.8 Å². The fraction of sp³-hybridized carbons (Fsp3) is 0.200. The number of esters is 2. The predicted molar refractivity (Wildman–Crippen MR) is 110 cm³/mol. The number of halogens is 1. The Balaban J connectivity index is 1.90. The van der Waals surface area contributed by atoms with Gasteiger partial charge in [0.25, 0.3) is 0 Å². The summed E-state index contributed by atoms with van der Waals surface area (Å²) in [5.41, 5.74) is 7.61. The molecule has 0 aliphatic heterocycles. The molecule has 148 valence electrons. The number of aromatic nitrogens is 1. The van der Waals surface area contributed by atoms with E-state index in [-0.39, 0.29) is 39.8 Å². The number of benzene rings is 1. The van der Waals surface area contributed by atoms with E-state index in [2.05, 4.69) is 4.98 Å². The van der Waals surface area contributed by atoms with Crippen LogP contribution in [-0.4, -0.2) is 23.5 Å². The number of carbonyl (C=O) groups is 2. The van der Waals surface area contributed by atoms with Crippen LogP contribution >= 0.6 is 22.9 Å². The maximum absolute atomic E-state index is 12.7. The monoisotopic (exact) mass is 429 g/mol. The second kappa shape index (κ2) is 8.47. The van der Waals surface area contributed by atoms with Crippen molar-refractivity contribution in [2.75, 3.05) is 12.3 Å². The number of thiophene rings is 1. The second-order valence-electron chi connectivity index (χ2n) is 6.02. The van der Waals surface area contributed by atoms with Crippen LogP contribution in [0.1, 0.15) is 43.8 Å². The highest BCUT2D eigenvalue weighted by molar-refractivity contribution is 7.18. The summed E-state index contributed by atoms with van der Waals surface area (Å²) in [6, 6.07) is 8.77. The summed E-state index contributed by atoms with van der Waals surface area (Å²) in [5, 5.41) is 10.7. The standard InChI is InChI=1S/C20H16ClN3O4S/c1-3-27-20(26)17-15(14(8-22)18(23)29-17)9-28-19(25)13-7-11-6-12(21)4-5-16(11)24-10(13)2/h4-7H,3,9,23H2,1-2H3. The van der Waals surface area contributed by atoms with Gasteiger partial charge in [-0.25, -0.2) is 9.59 Å². The number of pyridine rings is 1. The SMILES string of the molecule is CCOC(=O)c1sc(N)c(C#N)c1COC(=O)c1cc2cc(Cl)ccc2nc1C. The molecule has 1 aromatic carbocycles. The molecule has 0 aliphatic rings. The first kappa shape index (κ1) is 20.6. The third-order valence-electron chi connectivity index (χ3n) is 4.14. The van der Waals surface area contributed by atoms with Crippen LogP contribution in [-0.2, 0) is 16.1 Å². The number of aryl methyl sites for hydroxylation is 1. The van der Waals surface area contributed by atoms with Crippen LogP contribution in [0.2, 0.25) is 5.02 Å². The molecule has 2 N–H and O–H groups in total. The number of fused-ring (bicyclic) bond motifs is 1. The van der Waals surface area contributed by atoms with Gasteiger partial charge in [0.05, 0.1) is 28.9 Å². The number of nitriles is 1. The Labute approximate surface area is 175 Å². The summed E-state index contributed by atoms with van der Waals surface area (Å²) in [5.74, 6) is -1.25. The summed E-state index contributed by atoms with van der Waals surface area (Å²) in [4.78, 5) is 29.4. The number of hydrogen-bond acceptors (Lipinski definition) is 8. The Morgan fingerprint density at radius 2 is 2.03 bits per heavy atom. The van der Waals surface area contributed by atoms with E-state index in [1.54, 1.807) is 38.1 Å². The minimum absolute atomic E-state index is 0.103. The molecule has 0 fully saturated rings. The van der Waals surface area contributed by atoms with Gasteiger partial charge in [0.15, 0.2) is 0 Å². The summed E-state index contributed by atoms with van der Waals surface area (Å²) in [6.45, 7) is 3.23. The average Bonchev–Trinajstić information content (AvgIpc) is 3.01. The van der Waals surface area contributed by atoms with Crippen molar-refractivity contribution in [3.05, 3.63) is 56.5 Å². The molecule has 2 aromatic heterocycles. The van der Waals surface area contributed by atoms with E-state index in [1.165, 1.54) is 0 Å². The molecule has 0 amide bonds.